The summed E-state index contributed by atoms with van der Waals surface area (Å²) in [6, 6.07) is 6.36. The standard InChI is InChI=1S/C30H35FN2O4S/c1-17(34)37-30(26(36)16-38)11-10-23-22-9-4-19-12-24-18(15-32-33(24)21-7-5-20(31)6-8-21)13-28(19,2)27(22)25(35)14-29(23,30)3/h5-8,12,15,22-23,25,27,35,38H,4,9-11,13-14,16H2,1-3H3/t22?,23-,25?,27+,28-,29-,30?/m0/s1. The molecule has 0 bridgehead atoms. The molecule has 4 aliphatic carbocycles. The number of carbonyl (C=O) groups is 2. The van der Waals surface area contributed by atoms with Crippen LogP contribution in [0.3, 0.4) is 0 Å². The number of aliphatic hydroxyl groups is 1. The number of rotatable bonds is 4. The van der Waals surface area contributed by atoms with E-state index in [1.807, 2.05) is 17.8 Å². The smallest absolute Gasteiger partial charge is 0.303 e. The fourth-order valence-corrected chi connectivity index (χ4v) is 9.27. The second-order valence-electron chi connectivity index (χ2n) is 12.3. The molecule has 3 fully saturated rings. The Kier molecular flexibility index (Phi) is 5.96. The quantitative estimate of drug-likeness (QED) is 0.425. The van der Waals surface area contributed by atoms with Gasteiger partial charge in [-0.2, -0.15) is 17.7 Å². The molecule has 1 N–H and O–H groups in total. The minimum absolute atomic E-state index is 0.00516. The van der Waals surface area contributed by atoms with Crippen LogP contribution >= 0.6 is 12.6 Å². The number of Topliss-reactive ketones (excluding diaryl/α,β-unsaturated/α-hetero) is 1. The first-order valence-electron chi connectivity index (χ1n) is 13.6. The van der Waals surface area contributed by atoms with Crippen LogP contribution in [-0.2, 0) is 20.7 Å². The largest absolute Gasteiger partial charge is 0.451 e. The van der Waals surface area contributed by atoms with Gasteiger partial charge >= 0.3 is 5.97 Å². The molecule has 0 radical (unpaired) electrons. The number of carbonyl (C=O) groups excluding carboxylic acids is 2. The second kappa shape index (κ2) is 8.78. The zero-order valence-corrected chi connectivity index (χ0v) is 23.0. The van der Waals surface area contributed by atoms with Crippen LogP contribution in [0, 0.1) is 34.4 Å². The number of allylic oxidation sites excluding steroid dienone is 1. The molecule has 7 atom stereocenters. The lowest BCUT2D eigenvalue weighted by molar-refractivity contribution is -0.198. The number of ketones is 1. The summed E-state index contributed by atoms with van der Waals surface area (Å²) in [6.45, 7) is 5.68. The highest BCUT2D eigenvalue weighted by atomic mass is 32.1. The molecule has 4 aliphatic rings. The van der Waals surface area contributed by atoms with Gasteiger partial charge in [0.2, 0.25) is 0 Å². The number of halogens is 1. The summed E-state index contributed by atoms with van der Waals surface area (Å²) in [5.74, 6) is -0.488. The molecule has 2 aromatic rings. The minimum Gasteiger partial charge on any atom is -0.451 e. The molecule has 0 amide bonds. The fourth-order valence-electron chi connectivity index (χ4n) is 9.02. The molecule has 6 rings (SSSR count). The van der Waals surface area contributed by atoms with Crippen molar-refractivity contribution in [3.63, 3.8) is 0 Å². The van der Waals surface area contributed by atoms with Crippen LogP contribution in [0.5, 0.6) is 0 Å². The van der Waals surface area contributed by atoms with Crippen LogP contribution in [0.1, 0.15) is 64.1 Å². The van der Waals surface area contributed by atoms with E-state index in [1.165, 1.54) is 24.6 Å². The number of thiol groups is 1. The minimum atomic E-state index is -1.23. The van der Waals surface area contributed by atoms with Gasteiger partial charge in [0.15, 0.2) is 11.4 Å². The Morgan fingerprint density at radius 1 is 1.24 bits per heavy atom. The monoisotopic (exact) mass is 538 g/mol. The molecule has 202 valence electrons. The number of hydrogen-bond acceptors (Lipinski definition) is 6. The van der Waals surface area contributed by atoms with Gasteiger partial charge in [0.1, 0.15) is 5.82 Å². The van der Waals surface area contributed by atoms with Crippen molar-refractivity contribution >= 4 is 30.5 Å². The Balaban J connectivity index is 1.37. The first kappa shape index (κ1) is 25.8. The Bertz CT molecular complexity index is 1340. The molecule has 8 heteroatoms. The summed E-state index contributed by atoms with van der Waals surface area (Å²) in [5.41, 5.74) is 2.16. The molecule has 6 nitrogen and oxygen atoms in total. The van der Waals surface area contributed by atoms with Gasteiger partial charge in [-0.15, -0.1) is 0 Å². The summed E-state index contributed by atoms with van der Waals surface area (Å²) in [4.78, 5) is 25.5. The van der Waals surface area contributed by atoms with Crippen LogP contribution in [-0.4, -0.2) is 44.1 Å². The van der Waals surface area contributed by atoms with Gasteiger partial charge in [-0.05, 0) is 97.6 Å². The molecule has 1 aromatic carbocycles. The first-order valence-corrected chi connectivity index (χ1v) is 14.2. The first-order chi connectivity index (χ1) is 18.0. The normalized spacial score (nSPS) is 37.4. The third-order valence-corrected chi connectivity index (χ3v) is 10.8. The molecule has 0 saturated heterocycles. The molecule has 3 saturated carbocycles. The fraction of sp³-hybridized carbons (Fsp3) is 0.567. The van der Waals surface area contributed by atoms with E-state index in [1.54, 1.807) is 12.1 Å². The van der Waals surface area contributed by atoms with E-state index < -0.39 is 23.1 Å². The molecule has 3 unspecified atom stereocenters. The van der Waals surface area contributed by atoms with Crippen LogP contribution in [0.2, 0.25) is 0 Å². The summed E-state index contributed by atoms with van der Waals surface area (Å²) in [5, 5.41) is 16.5. The summed E-state index contributed by atoms with van der Waals surface area (Å²) in [6.07, 6.45) is 7.75. The summed E-state index contributed by atoms with van der Waals surface area (Å²) >= 11 is 4.27. The molecule has 0 spiro atoms. The predicted molar refractivity (Wildman–Crippen MR) is 144 cm³/mol. The van der Waals surface area contributed by atoms with Crippen molar-refractivity contribution in [2.75, 3.05) is 5.75 Å². The van der Waals surface area contributed by atoms with Crippen molar-refractivity contribution in [1.29, 1.82) is 0 Å². The highest BCUT2D eigenvalue weighted by Gasteiger charge is 2.70. The van der Waals surface area contributed by atoms with E-state index in [4.69, 9.17) is 4.74 Å². The Morgan fingerprint density at radius 2 is 1.97 bits per heavy atom. The van der Waals surface area contributed by atoms with E-state index >= 15 is 0 Å². The van der Waals surface area contributed by atoms with Crippen molar-refractivity contribution in [1.82, 2.24) is 9.78 Å². The average molecular weight is 539 g/mol. The van der Waals surface area contributed by atoms with Gasteiger partial charge in [0, 0.05) is 12.3 Å². The molecule has 0 aliphatic heterocycles. The van der Waals surface area contributed by atoms with E-state index in [0.717, 1.165) is 42.6 Å². The number of aliphatic hydroxyl groups excluding tert-OH is 1. The maximum absolute atomic E-state index is 13.5. The van der Waals surface area contributed by atoms with Gasteiger partial charge in [0.25, 0.3) is 0 Å². The number of fused-ring (bicyclic) bond motifs is 6. The van der Waals surface area contributed by atoms with Crippen LogP contribution in [0.15, 0.2) is 36.0 Å². The third kappa shape index (κ3) is 3.45. The molecule has 38 heavy (non-hydrogen) atoms. The van der Waals surface area contributed by atoms with Crippen LogP contribution in [0.25, 0.3) is 11.8 Å². The lowest BCUT2D eigenvalue weighted by atomic mass is 9.45. The number of hydrogen-bond donors (Lipinski definition) is 2. The van der Waals surface area contributed by atoms with Crippen molar-refractivity contribution in [2.45, 2.75) is 71.0 Å². The maximum Gasteiger partial charge on any atom is 0.303 e. The van der Waals surface area contributed by atoms with Crippen LogP contribution < -0.4 is 0 Å². The lowest BCUT2D eigenvalue weighted by Gasteiger charge is -2.60. The predicted octanol–water partition coefficient (Wildman–Crippen LogP) is 4.97. The topological polar surface area (TPSA) is 81.4 Å². The summed E-state index contributed by atoms with van der Waals surface area (Å²) < 4.78 is 21.3. The summed E-state index contributed by atoms with van der Waals surface area (Å²) in [7, 11) is 0. The maximum atomic E-state index is 13.5. The highest BCUT2D eigenvalue weighted by molar-refractivity contribution is 7.81. The number of esters is 1. The zero-order valence-electron chi connectivity index (χ0n) is 22.1. The van der Waals surface area contributed by atoms with Crippen molar-refractivity contribution in [3.8, 4) is 5.69 Å². The van der Waals surface area contributed by atoms with Gasteiger partial charge in [0.05, 0.1) is 29.4 Å². The van der Waals surface area contributed by atoms with Crippen molar-refractivity contribution in [2.24, 2.45) is 28.6 Å². The molecular weight excluding hydrogens is 503 g/mol. The van der Waals surface area contributed by atoms with Gasteiger partial charge in [-0.3, -0.25) is 9.59 Å². The third-order valence-electron chi connectivity index (χ3n) is 10.5. The number of benzene rings is 1. The number of aromatic nitrogens is 2. The van der Waals surface area contributed by atoms with Crippen LogP contribution in [0.4, 0.5) is 4.39 Å². The lowest BCUT2D eigenvalue weighted by Crippen LogP contribution is -2.63. The molecular formula is C30H35FN2O4S. The Morgan fingerprint density at radius 3 is 2.66 bits per heavy atom. The SMILES string of the molecule is CC(=O)OC1(C(=O)CS)CC[C@H]2C3CCC4=Cc5c(cnn5-c5ccc(F)cc5)C[C@]4(C)[C@H]3C(O)C[C@@]21C. The Labute approximate surface area is 228 Å². The number of nitrogens with zero attached hydrogens (tertiary/aromatic N) is 2. The van der Waals surface area contributed by atoms with E-state index in [0.29, 0.717) is 12.8 Å². The average Bonchev–Trinajstić information content (AvgIpc) is 3.39. The van der Waals surface area contributed by atoms with Gasteiger partial charge in [-0.1, -0.05) is 19.4 Å². The second-order valence-corrected chi connectivity index (χ2v) is 12.6. The highest BCUT2D eigenvalue weighted by Crippen LogP contribution is 2.68. The Hall–Kier alpha value is -2.45. The van der Waals surface area contributed by atoms with Crippen molar-refractivity contribution < 1.29 is 23.8 Å². The van der Waals surface area contributed by atoms with Crippen molar-refractivity contribution in [3.05, 3.63) is 53.1 Å². The van der Waals surface area contributed by atoms with Gasteiger partial charge in [-0.25, -0.2) is 9.07 Å². The molecule has 1 aromatic heterocycles. The van der Waals surface area contributed by atoms with E-state index in [-0.39, 0.29) is 40.5 Å². The van der Waals surface area contributed by atoms with E-state index in [2.05, 4.69) is 30.7 Å². The number of ether oxygens (including phenoxy) is 1. The zero-order chi connectivity index (χ0) is 27.0. The van der Waals surface area contributed by atoms with E-state index in [9.17, 15) is 19.1 Å². The molecule has 1 heterocycles. The van der Waals surface area contributed by atoms with Gasteiger partial charge < -0.3 is 9.84 Å².